The Balaban J connectivity index is 0.00000312. The average Bonchev–Trinajstić information content (AvgIpc) is 3.14. The molecular formula is C18H33IN4OS. The zero-order valence-corrected chi connectivity index (χ0v) is 18.6. The van der Waals surface area contributed by atoms with Crippen LogP contribution in [-0.2, 0) is 4.74 Å². The molecule has 0 radical (unpaired) electrons. The van der Waals surface area contributed by atoms with Crippen molar-refractivity contribution in [2.75, 3.05) is 52.5 Å². The highest BCUT2D eigenvalue weighted by molar-refractivity contribution is 14.0. The van der Waals surface area contributed by atoms with Crippen LogP contribution in [0.1, 0.15) is 38.2 Å². The fourth-order valence-electron chi connectivity index (χ4n) is 2.72. The van der Waals surface area contributed by atoms with Gasteiger partial charge in [-0.15, -0.1) is 24.0 Å². The van der Waals surface area contributed by atoms with Crippen molar-refractivity contribution in [2.24, 2.45) is 4.99 Å². The molecule has 2 rings (SSSR count). The second kappa shape index (κ2) is 13.8. The van der Waals surface area contributed by atoms with Crippen LogP contribution in [0.5, 0.6) is 0 Å². The van der Waals surface area contributed by atoms with Gasteiger partial charge in [0.25, 0.3) is 0 Å². The van der Waals surface area contributed by atoms with E-state index in [4.69, 9.17) is 9.73 Å². The van der Waals surface area contributed by atoms with Gasteiger partial charge < -0.3 is 15.4 Å². The molecule has 7 heteroatoms. The minimum atomic E-state index is 0. The van der Waals surface area contributed by atoms with E-state index in [0.717, 1.165) is 51.9 Å². The van der Waals surface area contributed by atoms with Gasteiger partial charge in [-0.25, -0.2) is 0 Å². The van der Waals surface area contributed by atoms with Crippen molar-refractivity contribution in [2.45, 2.75) is 32.6 Å². The number of hydrogen-bond acceptors (Lipinski definition) is 4. The maximum Gasteiger partial charge on any atom is 0.191 e. The molecule has 1 aliphatic heterocycles. The zero-order valence-electron chi connectivity index (χ0n) is 15.5. The lowest BCUT2D eigenvalue weighted by Crippen LogP contribution is -2.39. The Morgan fingerprint density at radius 2 is 2.12 bits per heavy atom. The number of hydrogen-bond donors (Lipinski definition) is 2. The predicted molar refractivity (Wildman–Crippen MR) is 119 cm³/mol. The molecule has 144 valence electrons. The molecule has 1 unspecified atom stereocenters. The summed E-state index contributed by atoms with van der Waals surface area (Å²) in [5.41, 5.74) is 1.38. The van der Waals surface area contributed by atoms with E-state index in [0.29, 0.717) is 5.92 Å². The Morgan fingerprint density at radius 1 is 1.32 bits per heavy atom. The maximum absolute atomic E-state index is 5.38. The summed E-state index contributed by atoms with van der Waals surface area (Å²) < 4.78 is 5.38. The van der Waals surface area contributed by atoms with Gasteiger partial charge in [-0.2, -0.15) is 11.3 Å². The average molecular weight is 480 g/mol. The molecule has 5 nitrogen and oxygen atoms in total. The fraction of sp³-hybridized carbons (Fsp3) is 0.722. The van der Waals surface area contributed by atoms with Crippen LogP contribution < -0.4 is 10.6 Å². The summed E-state index contributed by atoms with van der Waals surface area (Å²) in [6, 6.07) is 2.19. The highest BCUT2D eigenvalue weighted by Gasteiger charge is 2.09. The van der Waals surface area contributed by atoms with Crippen LogP contribution in [0.15, 0.2) is 21.8 Å². The van der Waals surface area contributed by atoms with Gasteiger partial charge >= 0.3 is 0 Å². The standard InChI is InChI=1S/C18H32N4OS.HI/c1-3-19-18(21-14-16(2)17-6-13-24-15-17)20-7-4-5-8-22-9-11-23-12-10-22;/h6,13,15-16H,3-5,7-12,14H2,1-2H3,(H2,19,20,21);1H. The van der Waals surface area contributed by atoms with Crippen LogP contribution in [0.4, 0.5) is 0 Å². The second-order valence-corrected chi connectivity index (χ2v) is 7.05. The van der Waals surface area contributed by atoms with Gasteiger partial charge in [-0.3, -0.25) is 9.89 Å². The van der Waals surface area contributed by atoms with Crippen LogP contribution in [0.3, 0.4) is 0 Å². The molecule has 0 spiro atoms. The summed E-state index contributed by atoms with van der Waals surface area (Å²) in [4.78, 5) is 7.22. The van der Waals surface area contributed by atoms with Crippen molar-refractivity contribution >= 4 is 41.3 Å². The molecule has 1 aromatic heterocycles. The van der Waals surface area contributed by atoms with Crippen molar-refractivity contribution in [1.29, 1.82) is 0 Å². The van der Waals surface area contributed by atoms with E-state index in [9.17, 15) is 0 Å². The molecular weight excluding hydrogens is 447 g/mol. The van der Waals surface area contributed by atoms with Crippen LogP contribution >= 0.6 is 35.3 Å². The van der Waals surface area contributed by atoms with E-state index in [1.54, 1.807) is 11.3 Å². The molecule has 0 amide bonds. The molecule has 2 heterocycles. The van der Waals surface area contributed by atoms with Gasteiger partial charge in [0.05, 0.1) is 13.2 Å². The smallest absolute Gasteiger partial charge is 0.191 e. The first-order valence-electron chi connectivity index (χ1n) is 9.14. The third-order valence-corrected chi connectivity index (χ3v) is 4.98. The maximum atomic E-state index is 5.38. The van der Waals surface area contributed by atoms with E-state index in [-0.39, 0.29) is 24.0 Å². The number of unbranched alkanes of at least 4 members (excludes halogenated alkanes) is 1. The second-order valence-electron chi connectivity index (χ2n) is 6.27. The number of thiophene rings is 1. The molecule has 0 aromatic carbocycles. The summed E-state index contributed by atoms with van der Waals surface area (Å²) >= 11 is 1.75. The van der Waals surface area contributed by atoms with Gasteiger partial charge in [-0.1, -0.05) is 6.92 Å². The van der Waals surface area contributed by atoms with Crippen molar-refractivity contribution in [3.63, 3.8) is 0 Å². The largest absolute Gasteiger partial charge is 0.379 e. The molecule has 1 fully saturated rings. The minimum Gasteiger partial charge on any atom is -0.379 e. The van der Waals surface area contributed by atoms with Crippen LogP contribution in [-0.4, -0.2) is 63.3 Å². The van der Waals surface area contributed by atoms with Crippen LogP contribution in [0.2, 0.25) is 0 Å². The number of rotatable bonds is 9. The lowest BCUT2D eigenvalue weighted by molar-refractivity contribution is 0.0372. The van der Waals surface area contributed by atoms with Crippen molar-refractivity contribution in [3.05, 3.63) is 22.4 Å². The highest BCUT2D eigenvalue weighted by atomic mass is 127. The molecule has 2 N–H and O–H groups in total. The molecule has 0 saturated carbocycles. The number of guanidine groups is 1. The molecule has 1 saturated heterocycles. The Bertz CT molecular complexity index is 464. The van der Waals surface area contributed by atoms with Crippen molar-refractivity contribution in [3.8, 4) is 0 Å². The Morgan fingerprint density at radius 3 is 2.80 bits per heavy atom. The molecule has 1 aliphatic rings. The van der Waals surface area contributed by atoms with Gasteiger partial charge in [-0.05, 0) is 48.7 Å². The topological polar surface area (TPSA) is 48.9 Å². The summed E-state index contributed by atoms with van der Waals surface area (Å²) in [5, 5.41) is 11.1. The van der Waals surface area contributed by atoms with Crippen LogP contribution in [0.25, 0.3) is 0 Å². The predicted octanol–water partition coefficient (Wildman–Crippen LogP) is 3.14. The normalized spacial score (nSPS) is 17.0. The first kappa shape index (κ1) is 22.7. The number of nitrogens with one attached hydrogen (secondary N) is 2. The first-order valence-corrected chi connectivity index (χ1v) is 10.1. The molecule has 1 atom stereocenters. The quantitative estimate of drug-likeness (QED) is 0.247. The minimum absolute atomic E-state index is 0. The van der Waals surface area contributed by atoms with Gasteiger partial charge in [0.2, 0.25) is 0 Å². The van der Waals surface area contributed by atoms with Crippen LogP contribution in [0, 0.1) is 0 Å². The highest BCUT2D eigenvalue weighted by Crippen LogP contribution is 2.18. The van der Waals surface area contributed by atoms with E-state index in [1.807, 2.05) is 0 Å². The third kappa shape index (κ3) is 9.21. The van der Waals surface area contributed by atoms with E-state index in [1.165, 1.54) is 24.9 Å². The lowest BCUT2D eigenvalue weighted by atomic mass is 10.1. The number of ether oxygens (including phenoxy) is 1. The lowest BCUT2D eigenvalue weighted by Gasteiger charge is -2.26. The number of halogens is 1. The number of morpholine rings is 1. The summed E-state index contributed by atoms with van der Waals surface area (Å²) in [7, 11) is 0. The summed E-state index contributed by atoms with van der Waals surface area (Å²) in [6.07, 6.45) is 2.39. The van der Waals surface area contributed by atoms with E-state index >= 15 is 0 Å². The SMILES string of the molecule is CCNC(=NCC(C)c1ccsc1)NCCCCN1CCOCC1.I. The fourth-order valence-corrected chi connectivity index (χ4v) is 3.51. The summed E-state index contributed by atoms with van der Waals surface area (Å²) in [5.74, 6) is 1.40. The number of aliphatic imine (C=N–C) groups is 1. The zero-order chi connectivity index (χ0) is 17.0. The molecule has 1 aromatic rings. The van der Waals surface area contributed by atoms with Gasteiger partial charge in [0, 0.05) is 38.6 Å². The van der Waals surface area contributed by atoms with E-state index < -0.39 is 0 Å². The third-order valence-electron chi connectivity index (χ3n) is 4.28. The Hall–Kier alpha value is -0.380. The Labute approximate surface area is 173 Å². The molecule has 0 bridgehead atoms. The van der Waals surface area contributed by atoms with Crippen molar-refractivity contribution in [1.82, 2.24) is 15.5 Å². The van der Waals surface area contributed by atoms with E-state index in [2.05, 4.69) is 46.2 Å². The molecule has 25 heavy (non-hydrogen) atoms. The number of nitrogens with zero attached hydrogens (tertiary/aromatic N) is 2. The van der Waals surface area contributed by atoms with Gasteiger partial charge in [0.1, 0.15) is 0 Å². The monoisotopic (exact) mass is 480 g/mol. The first-order chi connectivity index (χ1) is 11.8. The Kier molecular flexibility index (Phi) is 12.5. The van der Waals surface area contributed by atoms with Gasteiger partial charge in [0.15, 0.2) is 5.96 Å². The summed E-state index contributed by atoms with van der Waals surface area (Å²) in [6.45, 7) is 12.1. The van der Waals surface area contributed by atoms with Crippen molar-refractivity contribution < 1.29 is 4.74 Å². The molecule has 0 aliphatic carbocycles.